The normalized spacial score (nSPS) is 14.4. The van der Waals surface area contributed by atoms with E-state index in [9.17, 15) is 10.1 Å². The number of benzene rings is 1. The topological polar surface area (TPSA) is 83.6 Å². The van der Waals surface area contributed by atoms with Crippen LogP contribution in [0.1, 0.15) is 46.8 Å². The summed E-state index contributed by atoms with van der Waals surface area (Å²) in [6.07, 6.45) is 6.07. The van der Waals surface area contributed by atoms with E-state index >= 15 is 0 Å². The summed E-state index contributed by atoms with van der Waals surface area (Å²) in [7, 11) is 1.60. The third-order valence-electron chi connectivity index (χ3n) is 4.18. The van der Waals surface area contributed by atoms with Gasteiger partial charge in [0.1, 0.15) is 11.9 Å². The van der Waals surface area contributed by atoms with Gasteiger partial charge in [0, 0.05) is 25.6 Å². The number of aromatic nitrogens is 3. The lowest BCUT2D eigenvalue weighted by Crippen LogP contribution is -2.17. The molecule has 1 aromatic heterocycles. The van der Waals surface area contributed by atoms with Gasteiger partial charge in [-0.2, -0.15) is 5.26 Å². The monoisotopic (exact) mass is 321 g/mol. The first kappa shape index (κ1) is 15.9. The number of carbonyl (C=O) groups is 1. The van der Waals surface area contributed by atoms with Crippen LogP contribution in [0, 0.1) is 11.3 Å². The third kappa shape index (κ3) is 3.20. The highest BCUT2D eigenvalue weighted by Gasteiger charge is 2.17. The van der Waals surface area contributed by atoms with Crippen LogP contribution in [-0.2, 0) is 13.0 Å². The zero-order valence-electron chi connectivity index (χ0n) is 13.6. The second-order valence-corrected chi connectivity index (χ2v) is 5.77. The number of fused-ring (bicyclic) bond motifs is 1. The summed E-state index contributed by atoms with van der Waals surface area (Å²) in [6.45, 7) is 0.853. The number of hydrogen-bond donors (Lipinski definition) is 1. The van der Waals surface area contributed by atoms with Crippen molar-refractivity contribution >= 4 is 17.6 Å². The summed E-state index contributed by atoms with van der Waals surface area (Å²) >= 11 is 0. The summed E-state index contributed by atoms with van der Waals surface area (Å²) in [4.78, 5) is 11.6. The number of nitriles is 1. The van der Waals surface area contributed by atoms with Crippen molar-refractivity contribution in [1.82, 2.24) is 20.1 Å². The van der Waals surface area contributed by atoms with Crippen molar-refractivity contribution in [2.45, 2.75) is 32.2 Å². The molecule has 122 valence electrons. The molecule has 0 fully saturated rings. The molecule has 1 amide bonds. The van der Waals surface area contributed by atoms with Gasteiger partial charge in [-0.05, 0) is 36.6 Å². The standard InChI is InChI=1S/C18H19N5O/c1-20-18(24)14-8-6-13(7-9-14)11-15(12-19)17-22-21-16-5-3-2-4-10-23(16)17/h6-9,11H,2-5,10H2,1H3,(H,20,24)/b15-11-. The molecule has 0 aliphatic carbocycles. The first-order valence-electron chi connectivity index (χ1n) is 8.09. The van der Waals surface area contributed by atoms with E-state index in [0.717, 1.165) is 37.2 Å². The quantitative estimate of drug-likeness (QED) is 0.880. The van der Waals surface area contributed by atoms with Gasteiger partial charge in [-0.3, -0.25) is 4.79 Å². The number of aryl methyl sites for hydroxylation is 1. The van der Waals surface area contributed by atoms with E-state index < -0.39 is 0 Å². The van der Waals surface area contributed by atoms with Crippen LogP contribution in [-0.4, -0.2) is 27.7 Å². The van der Waals surface area contributed by atoms with Crippen molar-refractivity contribution in [3.05, 3.63) is 47.0 Å². The Labute approximate surface area is 140 Å². The Kier molecular flexibility index (Phi) is 4.71. The molecule has 0 radical (unpaired) electrons. The number of hydrogen-bond acceptors (Lipinski definition) is 4. The average molecular weight is 321 g/mol. The number of nitrogens with zero attached hydrogens (tertiary/aromatic N) is 4. The average Bonchev–Trinajstić information content (AvgIpc) is 2.87. The number of carbonyl (C=O) groups excluding carboxylic acids is 1. The maximum absolute atomic E-state index is 11.6. The molecular weight excluding hydrogens is 302 g/mol. The fourth-order valence-corrected chi connectivity index (χ4v) is 2.87. The van der Waals surface area contributed by atoms with Crippen molar-refractivity contribution in [2.24, 2.45) is 0 Å². The van der Waals surface area contributed by atoms with Crippen LogP contribution in [0.5, 0.6) is 0 Å². The molecule has 0 saturated heterocycles. The van der Waals surface area contributed by atoms with Crippen molar-refractivity contribution in [1.29, 1.82) is 5.26 Å². The molecule has 6 nitrogen and oxygen atoms in total. The molecule has 0 unspecified atom stereocenters. The van der Waals surface area contributed by atoms with Crippen LogP contribution < -0.4 is 5.32 Å². The van der Waals surface area contributed by atoms with Gasteiger partial charge in [-0.25, -0.2) is 0 Å². The van der Waals surface area contributed by atoms with Gasteiger partial charge in [-0.15, -0.1) is 10.2 Å². The number of allylic oxidation sites excluding steroid dienone is 1. The molecule has 3 rings (SSSR count). The van der Waals surface area contributed by atoms with E-state index in [2.05, 4.69) is 26.2 Å². The van der Waals surface area contributed by atoms with E-state index in [1.54, 1.807) is 25.3 Å². The minimum atomic E-state index is -0.131. The van der Waals surface area contributed by atoms with Gasteiger partial charge in [0.25, 0.3) is 5.91 Å². The Morgan fingerprint density at radius 2 is 2.04 bits per heavy atom. The molecule has 6 heteroatoms. The molecule has 1 aliphatic rings. The van der Waals surface area contributed by atoms with Crippen LogP contribution >= 0.6 is 0 Å². The molecule has 1 aliphatic heterocycles. The SMILES string of the molecule is CNC(=O)c1ccc(/C=C(/C#N)c2nnc3n2CCCCC3)cc1. The van der Waals surface area contributed by atoms with Gasteiger partial charge in [0.15, 0.2) is 5.82 Å². The molecule has 2 heterocycles. The minimum Gasteiger partial charge on any atom is -0.355 e. The second-order valence-electron chi connectivity index (χ2n) is 5.77. The molecule has 0 atom stereocenters. The van der Waals surface area contributed by atoms with Crippen LogP contribution in [0.2, 0.25) is 0 Å². The maximum atomic E-state index is 11.6. The Bertz CT molecular complexity index is 811. The zero-order chi connectivity index (χ0) is 16.9. The Morgan fingerprint density at radius 1 is 1.25 bits per heavy atom. The number of nitrogens with one attached hydrogen (secondary N) is 1. The van der Waals surface area contributed by atoms with E-state index in [0.29, 0.717) is 17.0 Å². The molecule has 0 spiro atoms. The third-order valence-corrected chi connectivity index (χ3v) is 4.18. The van der Waals surface area contributed by atoms with Crippen LogP contribution in [0.4, 0.5) is 0 Å². The van der Waals surface area contributed by atoms with E-state index in [1.807, 2.05) is 12.1 Å². The lowest BCUT2D eigenvalue weighted by Gasteiger charge is -2.06. The highest BCUT2D eigenvalue weighted by atomic mass is 16.1. The Balaban J connectivity index is 1.92. The summed E-state index contributed by atoms with van der Waals surface area (Å²) in [5, 5.41) is 20.6. The molecule has 0 saturated carbocycles. The lowest BCUT2D eigenvalue weighted by molar-refractivity contribution is 0.0963. The van der Waals surface area contributed by atoms with Crippen molar-refractivity contribution < 1.29 is 4.79 Å². The summed E-state index contributed by atoms with van der Waals surface area (Å²) < 4.78 is 2.06. The Morgan fingerprint density at radius 3 is 2.75 bits per heavy atom. The van der Waals surface area contributed by atoms with Crippen molar-refractivity contribution in [2.75, 3.05) is 7.05 Å². The molecule has 0 bridgehead atoms. The number of rotatable bonds is 3. The fraction of sp³-hybridized carbons (Fsp3) is 0.333. The summed E-state index contributed by atoms with van der Waals surface area (Å²) in [5.74, 6) is 1.46. The van der Waals surface area contributed by atoms with Crippen LogP contribution in [0.25, 0.3) is 11.6 Å². The first-order chi connectivity index (χ1) is 11.7. The van der Waals surface area contributed by atoms with Crippen molar-refractivity contribution in [3.8, 4) is 6.07 Å². The van der Waals surface area contributed by atoms with E-state index in [1.165, 1.54) is 6.42 Å². The lowest BCUT2D eigenvalue weighted by atomic mass is 10.1. The van der Waals surface area contributed by atoms with Gasteiger partial charge < -0.3 is 9.88 Å². The summed E-state index contributed by atoms with van der Waals surface area (Å²) in [5.41, 5.74) is 1.93. The number of amides is 1. The minimum absolute atomic E-state index is 0.131. The highest BCUT2D eigenvalue weighted by molar-refractivity contribution is 5.94. The van der Waals surface area contributed by atoms with Crippen LogP contribution in [0.15, 0.2) is 24.3 Å². The maximum Gasteiger partial charge on any atom is 0.251 e. The van der Waals surface area contributed by atoms with Gasteiger partial charge >= 0.3 is 0 Å². The van der Waals surface area contributed by atoms with Gasteiger partial charge in [0.2, 0.25) is 0 Å². The van der Waals surface area contributed by atoms with Crippen LogP contribution in [0.3, 0.4) is 0 Å². The molecule has 24 heavy (non-hydrogen) atoms. The predicted molar refractivity (Wildman–Crippen MR) is 90.9 cm³/mol. The highest BCUT2D eigenvalue weighted by Crippen LogP contribution is 2.21. The van der Waals surface area contributed by atoms with Gasteiger partial charge in [0.05, 0.1) is 5.57 Å². The van der Waals surface area contributed by atoms with Gasteiger partial charge in [-0.1, -0.05) is 18.6 Å². The molecule has 1 aromatic carbocycles. The molecular formula is C18H19N5O. The molecule has 2 aromatic rings. The zero-order valence-corrected chi connectivity index (χ0v) is 13.6. The van der Waals surface area contributed by atoms with E-state index in [4.69, 9.17) is 0 Å². The van der Waals surface area contributed by atoms with E-state index in [-0.39, 0.29) is 5.91 Å². The summed E-state index contributed by atoms with van der Waals surface area (Å²) in [6, 6.07) is 9.35. The Hall–Kier alpha value is -2.94. The second kappa shape index (κ2) is 7.09. The largest absolute Gasteiger partial charge is 0.355 e. The smallest absolute Gasteiger partial charge is 0.251 e. The first-order valence-corrected chi connectivity index (χ1v) is 8.09. The van der Waals surface area contributed by atoms with Crippen molar-refractivity contribution in [3.63, 3.8) is 0 Å². The fourth-order valence-electron chi connectivity index (χ4n) is 2.87. The predicted octanol–water partition coefficient (Wildman–Crippen LogP) is 2.43. The molecule has 1 N–H and O–H groups in total.